The van der Waals surface area contributed by atoms with Crippen molar-refractivity contribution in [3.8, 4) is 11.5 Å². The predicted octanol–water partition coefficient (Wildman–Crippen LogP) is 0.982. The third-order valence-corrected chi connectivity index (χ3v) is 3.91. The molecular formula is C13H18N2O3S. The Morgan fingerprint density at radius 3 is 2.95 bits per heavy atom. The minimum Gasteiger partial charge on any atom is -0.497 e. The van der Waals surface area contributed by atoms with Crippen LogP contribution in [0.25, 0.3) is 0 Å². The fourth-order valence-electron chi connectivity index (χ4n) is 1.89. The van der Waals surface area contributed by atoms with Crippen molar-refractivity contribution in [2.24, 2.45) is 0 Å². The van der Waals surface area contributed by atoms with Crippen LogP contribution in [0.4, 0.5) is 0 Å². The maximum Gasteiger partial charge on any atom is 0.238 e. The van der Waals surface area contributed by atoms with E-state index in [1.807, 2.05) is 18.2 Å². The van der Waals surface area contributed by atoms with E-state index in [0.29, 0.717) is 6.54 Å². The Labute approximate surface area is 117 Å². The summed E-state index contributed by atoms with van der Waals surface area (Å²) in [5.41, 5.74) is 0.904. The maximum absolute atomic E-state index is 11.9. The van der Waals surface area contributed by atoms with Gasteiger partial charge in [0.2, 0.25) is 5.91 Å². The molecule has 19 heavy (non-hydrogen) atoms. The molecule has 0 aliphatic carbocycles. The number of ether oxygens (including phenoxy) is 2. The van der Waals surface area contributed by atoms with Gasteiger partial charge in [-0.1, -0.05) is 0 Å². The molecule has 1 amide bonds. The standard InChI is InChI=1S/C13H18N2O3S/c1-17-10-3-4-12(18-2)9(5-10)6-14-13(16)11-7-19-8-15-11/h3-5,11,15H,6-8H2,1-2H3,(H,14,16). The van der Waals surface area contributed by atoms with Crippen molar-refractivity contribution < 1.29 is 14.3 Å². The van der Waals surface area contributed by atoms with Gasteiger partial charge in [-0.15, -0.1) is 11.8 Å². The van der Waals surface area contributed by atoms with E-state index in [1.54, 1.807) is 26.0 Å². The first kappa shape index (κ1) is 14.0. The second kappa shape index (κ2) is 6.68. The van der Waals surface area contributed by atoms with Crippen LogP contribution in [-0.4, -0.2) is 37.8 Å². The highest BCUT2D eigenvalue weighted by atomic mass is 32.2. The Morgan fingerprint density at radius 1 is 1.47 bits per heavy atom. The summed E-state index contributed by atoms with van der Waals surface area (Å²) >= 11 is 1.73. The lowest BCUT2D eigenvalue weighted by Crippen LogP contribution is -2.41. The summed E-state index contributed by atoms with van der Waals surface area (Å²) in [7, 11) is 3.23. The lowest BCUT2D eigenvalue weighted by molar-refractivity contribution is -0.122. The molecule has 1 aromatic rings. The van der Waals surface area contributed by atoms with Crippen molar-refractivity contribution in [3.05, 3.63) is 23.8 Å². The van der Waals surface area contributed by atoms with Crippen LogP contribution in [0, 0.1) is 0 Å². The summed E-state index contributed by atoms with van der Waals surface area (Å²) in [6, 6.07) is 5.45. The van der Waals surface area contributed by atoms with Gasteiger partial charge in [0.25, 0.3) is 0 Å². The summed E-state index contributed by atoms with van der Waals surface area (Å²) in [5.74, 6) is 3.17. The Bertz CT molecular complexity index is 448. The molecule has 0 spiro atoms. The molecule has 1 unspecified atom stereocenters. The lowest BCUT2D eigenvalue weighted by atomic mass is 10.2. The van der Waals surface area contributed by atoms with Crippen LogP contribution >= 0.6 is 11.8 Å². The lowest BCUT2D eigenvalue weighted by Gasteiger charge is -2.13. The van der Waals surface area contributed by atoms with Gasteiger partial charge in [0.15, 0.2) is 0 Å². The Morgan fingerprint density at radius 2 is 2.32 bits per heavy atom. The summed E-state index contributed by atoms with van der Waals surface area (Å²) < 4.78 is 10.5. The molecule has 1 aliphatic heterocycles. The molecule has 1 fully saturated rings. The van der Waals surface area contributed by atoms with Crippen LogP contribution in [0.5, 0.6) is 11.5 Å². The topological polar surface area (TPSA) is 59.6 Å². The molecule has 2 rings (SSSR count). The van der Waals surface area contributed by atoms with Crippen molar-refractivity contribution >= 4 is 17.7 Å². The van der Waals surface area contributed by atoms with E-state index in [4.69, 9.17) is 9.47 Å². The molecule has 104 valence electrons. The molecule has 1 aromatic carbocycles. The number of amides is 1. The van der Waals surface area contributed by atoms with Crippen LogP contribution < -0.4 is 20.1 Å². The van der Waals surface area contributed by atoms with Gasteiger partial charge in [-0.2, -0.15) is 0 Å². The largest absolute Gasteiger partial charge is 0.497 e. The molecule has 0 bridgehead atoms. The highest BCUT2D eigenvalue weighted by molar-refractivity contribution is 7.99. The highest BCUT2D eigenvalue weighted by Crippen LogP contribution is 2.23. The SMILES string of the molecule is COc1ccc(OC)c(CNC(=O)C2CSCN2)c1. The predicted molar refractivity (Wildman–Crippen MR) is 75.6 cm³/mol. The molecule has 0 radical (unpaired) electrons. The highest BCUT2D eigenvalue weighted by Gasteiger charge is 2.22. The summed E-state index contributed by atoms with van der Waals surface area (Å²) in [6.45, 7) is 0.433. The number of carbonyl (C=O) groups is 1. The summed E-state index contributed by atoms with van der Waals surface area (Å²) in [5, 5.41) is 6.06. The van der Waals surface area contributed by atoms with Crippen molar-refractivity contribution in [1.29, 1.82) is 0 Å². The fourth-order valence-corrected chi connectivity index (χ4v) is 2.83. The number of hydrogen-bond donors (Lipinski definition) is 2. The van der Waals surface area contributed by atoms with E-state index in [2.05, 4.69) is 10.6 Å². The van der Waals surface area contributed by atoms with Crippen LogP contribution in [0.15, 0.2) is 18.2 Å². The summed E-state index contributed by atoms with van der Waals surface area (Å²) in [4.78, 5) is 11.9. The second-order valence-corrected chi connectivity index (χ2v) is 5.20. The number of methoxy groups -OCH3 is 2. The molecule has 1 saturated heterocycles. The Kier molecular flexibility index (Phi) is 4.93. The molecule has 6 heteroatoms. The maximum atomic E-state index is 11.9. The van der Waals surface area contributed by atoms with Gasteiger partial charge in [0.05, 0.1) is 20.3 Å². The molecule has 0 aromatic heterocycles. The zero-order chi connectivity index (χ0) is 13.7. The van der Waals surface area contributed by atoms with Gasteiger partial charge < -0.3 is 14.8 Å². The van der Waals surface area contributed by atoms with Crippen LogP contribution in [0.2, 0.25) is 0 Å². The third-order valence-electron chi connectivity index (χ3n) is 2.97. The molecule has 1 aliphatic rings. The van der Waals surface area contributed by atoms with E-state index in [-0.39, 0.29) is 11.9 Å². The number of rotatable bonds is 5. The van der Waals surface area contributed by atoms with E-state index >= 15 is 0 Å². The van der Waals surface area contributed by atoms with Gasteiger partial charge in [-0.05, 0) is 18.2 Å². The quantitative estimate of drug-likeness (QED) is 0.843. The fraction of sp³-hybridized carbons (Fsp3) is 0.462. The molecule has 0 saturated carbocycles. The normalized spacial score (nSPS) is 18.1. The molecular weight excluding hydrogens is 264 g/mol. The number of thioether (sulfide) groups is 1. The van der Waals surface area contributed by atoms with Crippen LogP contribution in [-0.2, 0) is 11.3 Å². The first-order valence-electron chi connectivity index (χ1n) is 6.04. The Hall–Kier alpha value is -1.40. The Balaban J connectivity index is 1.99. The van der Waals surface area contributed by atoms with E-state index in [9.17, 15) is 4.79 Å². The average Bonchev–Trinajstić information content (AvgIpc) is 2.98. The zero-order valence-electron chi connectivity index (χ0n) is 11.1. The van der Waals surface area contributed by atoms with Crippen LogP contribution in [0.1, 0.15) is 5.56 Å². The summed E-state index contributed by atoms with van der Waals surface area (Å²) in [6.07, 6.45) is 0. The van der Waals surface area contributed by atoms with E-state index < -0.39 is 0 Å². The average molecular weight is 282 g/mol. The van der Waals surface area contributed by atoms with E-state index in [1.165, 1.54) is 0 Å². The minimum atomic E-state index is -0.0957. The number of carbonyl (C=O) groups excluding carboxylic acids is 1. The number of hydrogen-bond acceptors (Lipinski definition) is 5. The molecule has 1 heterocycles. The molecule has 2 N–H and O–H groups in total. The van der Waals surface area contributed by atoms with Gasteiger partial charge in [-0.25, -0.2) is 0 Å². The van der Waals surface area contributed by atoms with Crippen molar-refractivity contribution in [2.75, 3.05) is 25.8 Å². The zero-order valence-corrected chi connectivity index (χ0v) is 11.9. The monoisotopic (exact) mass is 282 g/mol. The van der Waals surface area contributed by atoms with Crippen molar-refractivity contribution in [2.45, 2.75) is 12.6 Å². The van der Waals surface area contributed by atoms with Crippen molar-refractivity contribution in [3.63, 3.8) is 0 Å². The first-order chi connectivity index (χ1) is 9.24. The molecule has 1 atom stereocenters. The van der Waals surface area contributed by atoms with Crippen molar-refractivity contribution in [1.82, 2.24) is 10.6 Å². The molecule has 5 nitrogen and oxygen atoms in total. The van der Waals surface area contributed by atoms with Gasteiger partial charge in [0, 0.05) is 23.7 Å². The minimum absolute atomic E-state index is 0.0230. The third kappa shape index (κ3) is 3.54. The smallest absolute Gasteiger partial charge is 0.238 e. The second-order valence-electron chi connectivity index (χ2n) is 4.17. The first-order valence-corrected chi connectivity index (χ1v) is 7.20. The van der Waals surface area contributed by atoms with E-state index in [0.717, 1.165) is 28.7 Å². The van der Waals surface area contributed by atoms with Crippen LogP contribution in [0.3, 0.4) is 0 Å². The number of benzene rings is 1. The number of nitrogens with one attached hydrogen (secondary N) is 2. The van der Waals surface area contributed by atoms with Gasteiger partial charge >= 0.3 is 0 Å². The van der Waals surface area contributed by atoms with Gasteiger partial charge in [0.1, 0.15) is 11.5 Å². The van der Waals surface area contributed by atoms with Gasteiger partial charge in [-0.3, -0.25) is 10.1 Å².